The van der Waals surface area contributed by atoms with E-state index in [1.807, 2.05) is 54.6 Å². The van der Waals surface area contributed by atoms with E-state index >= 15 is 0 Å². The highest BCUT2D eigenvalue weighted by Gasteiger charge is 2.12. The molecule has 0 unspecified atom stereocenters. The third kappa shape index (κ3) is 11.1. The molecule has 2 rings (SSSR count). The SMILES string of the molecule is CCCCNC(=O)/C(=C/c1ccc(/C=C/C(=O)NCCCCCC(=O)NO)cc1)c1ccc(OC)cc1. The monoisotopic (exact) mass is 507 g/mol. The number of hydrogen-bond donors (Lipinski definition) is 4. The summed E-state index contributed by atoms with van der Waals surface area (Å²) < 4.78 is 5.23. The van der Waals surface area contributed by atoms with E-state index in [1.165, 1.54) is 6.08 Å². The molecule has 0 aromatic heterocycles. The third-order valence-corrected chi connectivity index (χ3v) is 5.64. The van der Waals surface area contributed by atoms with Crippen LogP contribution in [0.2, 0.25) is 0 Å². The van der Waals surface area contributed by atoms with Gasteiger partial charge in [0.2, 0.25) is 11.8 Å². The summed E-state index contributed by atoms with van der Waals surface area (Å²) in [7, 11) is 1.60. The van der Waals surface area contributed by atoms with E-state index in [2.05, 4.69) is 17.6 Å². The van der Waals surface area contributed by atoms with E-state index in [4.69, 9.17) is 9.94 Å². The number of carbonyl (C=O) groups excluding carboxylic acids is 3. The van der Waals surface area contributed by atoms with Gasteiger partial charge in [0.15, 0.2) is 0 Å². The summed E-state index contributed by atoms with van der Waals surface area (Å²) in [5.41, 5.74) is 4.70. The van der Waals surface area contributed by atoms with Gasteiger partial charge in [-0.3, -0.25) is 19.6 Å². The molecule has 3 amide bonds. The van der Waals surface area contributed by atoms with E-state index < -0.39 is 5.91 Å². The van der Waals surface area contributed by atoms with Gasteiger partial charge in [-0.15, -0.1) is 0 Å². The zero-order valence-corrected chi connectivity index (χ0v) is 21.6. The third-order valence-electron chi connectivity index (χ3n) is 5.64. The van der Waals surface area contributed by atoms with Crippen molar-refractivity contribution in [2.45, 2.75) is 45.4 Å². The number of unbranched alkanes of at least 4 members (excludes halogenated alkanes) is 3. The van der Waals surface area contributed by atoms with Crippen molar-refractivity contribution in [2.75, 3.05) is 20.2 Å². The maximum atomic E-state index is 12.9. The van der Waals surface area contributed by atoms with Gasteiger partial charge in [0.25, 0.3) is 5.91 Å². The van der Waals surface area contributed by atoms with Gasteiger partial charge in [0.05, 0.1) is 7.11 Å². The summed E-state index contributed by atoms with van der Waals surface area (Å²) in [6, 6.07) is 15.0. The lowest BCUT2D eigenvalue weighted by Crippen LogP contribution is -2.25. The Balaban J connectivity index is 1.98. The van der Waals surface area contributed by atoms with Crippen molar-refractivity contribution >= 4 is 35.4 Å². The van der Waals surface area contributed by atoms with Crippen LogP contribution >= 0.6 is 0 Å². The molecule has 0 saturated carbocycles. The van der Waals surface area contributed by atoms with Crippen LogP contribution in [-0.2, 0) is 14.4 Å². The second-order valence-electron chi connectivity index (χ2n) is 8.53. The Morgan fingerprint density at radius 1 is 0.865 bits per heavy atom. The van der Waals surface area contributed by atoms with Gasteiger partial charge in [-0.1, -0.05) is 56.2 Å². The zero-order chi connectivity index (χ0) is 26.9. The average Bonchev–Trinajstić information content (AvgIpc) is 2.93. The highest BCUT2D eigenvalue weighted by molar-refractivity contribution is 6.24. The number of nitrogens with one attached hydrogen (secondary N) is 3. The van der Waals surface area contributed by atoms with Crippen LogP contribution in [0.3, 0.4) is 0 Å². The fourth-order valence-electron chi connectivity index (χ4n) is 3.48. The number of amides is 3. The minimum Gasteiger partial charge on any atom is -0.497 e. The molecule has 0 bridgehead atoms. The van der Waals surface area contributed by atoms with Crippen molar-refractivity contribution < 1.29 is 24.3 Å². The van der Waals surface area contributed by atoms with Crippen LogP contribution < -0.4 is 20.9 Å². The van der Waals surface area contributed by atoms with Crippen molar-refractivity contribution in [3.05, 3.63) is 71.3 Å². The number of methoxy groups -OCH3 is 1. The Morgan fingerprint density at radius 3 is 2.19 bits per heavy atom. The van der Waals surface area contributed by atoms with E-state index in [-0.39, 0.29) is 18.2 Å². The van der Waals surface area contributed by atoms with Crippen molar-refractivity contribution in [3.63, 3.8) is 0 Å². The molecule has 0 atom stereocenters. The fourth-order valence-corrected chi connectivity index (χ4v) is 3.48. The normalized spacial score (nSPS) is 11.3. The van der Waals surface area contributed by atoms with Gasteiger partial charge >= 0.3 is 0 Å². The first-order chi connectivity index (χ1) is 18.0. The predicted molar refractivity (Wildman–Crippen MR) is 146 cm³/mol. The maximum absolute atomic E-state index is 12.9. The largest absolute Gasteiger partial charge is 0.497 e. The summed E-state index contributed by atoms with van der Waals surface area (Å²) in [6.45, 7) is 3.22. The molecule has 0 spiro atoms. The van der Waals surface area contributed by atoms with E-state index in [0.717, 1.165) is 48.1 Å². The molecule has 0 aliphatic carbocycles. The molecule has 0 saturated heterocycles. The van der Waals surface area contributed by atoms with E-state index in [0.29, 0.717) is 25.1 Å². The average molecular weight is 508 g/mol. The highest BCUT2D eigenvalue weighted by Crippen LogP contribution is 2.22. The lowest BCUT2D eigenvalue weighted by Gasteiger charge is -2.10. The molecule has 198 valence electrons. The molecule has 0 aliphatic rings. The van der Waals surface area contributed by atoms with Crippen LogP contribution in [0.15, 0.2) is 54.6 Å². The molecule has 0 radical (unpaired) electrons. The summed E-state index contributed by atoms with van der Waals surface area (Å²) in [4.78, 5) is 35.9. The van der Waals surface area contributed by atoms with Gasteiger partial charge in [-0.05, 0) is 60.2 Å². The van der Waals surface area contributed by atoms with Crippen molar-refractivity contribution in [3.8, 4) is 5.75 Å². The lowest BCUT2D eigenvalue weighted by atomic mass is 10.0. The van der Waals surface area contributed by atoms with Crippen molar-refractivity contribution in [1.82, 2.24) is 16.1 Å². The first-order valence-electron chi connectivity index (χ1n) is 12.6. The number of hydroxylamine groups is 1. The molecular weight excluding hydrogens is 470 g/mol. The first-order valence-corrected chi connectivity index (χ1v) is 12.6. The van der Waals surface area contributed by atoms with Crippen LogP contribution in [0, 0.1) is 0 Å². The van der Waals surface area contributed by atoms with E-state index in [9.17, 15) is 14.4 Å². The van der Waals surface area contributed by atoms with Gasteiger partial charge in [0, 0.05) is 31.2 Å². The van der Waals surface area contributed by atoms with Crippen molar-refractivity contribution in [2.24, 2.45) is 0 Å². The zero-order valence-electron chi connectivity index (χ0n) is 21.6. The summed E-state index contributed by atoms with van der Waals surface area (Å²) in [5.74, 6) is 0.000897. The van der Waals surface area contributed by atoms with Gasteiger partial charge in [-0.25, -0.2) is 5.48 Å². The lowest BCUT2D eigenvalue weighted by molar-refractivity contribution is -0.129. The van der Waals surface area contributed by atoms with E-state index in [1.54, 1.807) is 18.7 Å². The predicted octanol–water partition coefficient (Wildman–Crippen LogP) is 4.35. The van der Waals surface area contributed by atoms with Gasteiger partial charge < -0.3 is 15.4 Å². The smallest absolute Gasteiger partial charge is 0.251 e. The number of hydrogen-bond acceptors (Lipinski definition) is 5. The topological polar surface area (TPSA) is 117 Å². The van der Waals surface area contributed by atoms with Gasteiger partial charge in [-0.2, -0.15) is 0 Å². The molecule has 0 fully saturated rings. The fraction of sp³-hybridized carbons (Fsp3) is 0.345. The molecule has 2 aromatic carbocycles. The minimum atomic E-state index is -0.402. The van der Waals surface area contributed by atoms with Crippen LogP contribution in [0.1, 0.15) is 62.1 Å². The second kappa shape index (κ2) is 16.7. The molecule has 2 aromatic rings. The Kier molecular flexibility index (Phi) is 13.2. The summed E-state index contributed by atoms with van der Waals surface area (Å²) in [5, 5.41) is 14.3. The molecule has 8 heteroatoms. The van der Waals surface area contributed by atoms with Gasteiger partial charge in [0.1, 0.15) is 5.75 Å². The molecule has 8 nitrogen and oxygen atoms in total. The number of rotatable bonds is 15. The number of benzene rings is 2. The van der Waals surface area contributed by atoms with Crippen molar-refractivity contribution in [1.29, 1.82) is 0 Å². The number of ether oxygens (including phenoxy) is 1. The minimum absolute atomic E-state index is 0.129. The summed E-state index contributed by atoms with van der Waals surface area (Å²) >= 11 is 0. The Morgan fingerprint density at radius 2 is 1.54 bits per heavy atom. The standard InChI is InChI=1S/C29H37N3O5/c1-3-4-19-31-29(35)26(24-14-16-25(37-2)17-15-24)21-23-11-9-22(10-12-23)13-18-27(33)30-20-7-5-6-8-28(34)32-36/h9-18,21,36H,3-8,19-20H2,1-2H3,(H,30,33)(H,31,35)(H,32,34)/b18-13+,26-21+. The molecule has 0 aliphatic heterocycles. The molecule has 37 heavy (non-hydrogen) atoms. The Hall–Kier alpha value is -3.91. The van der Waals surface area contributed by atoms with Crippen LogP contribution in [0.4, 0.5) is 0 Å². The molecular formula is C29H37N3O5. The molecule has 4 N–H and O–H groups in total. The first kappa shape index (κ1) is 29.3. The van der Waals surface area contributed by atoms with Crippen LogP contribution in [0.5, 0.6) is 5.75 Å². The maximum Gasteiger partial charge on any atom is 0.251 e. The summed E-state index contributed by atoms with van der Waals surface area (Å²) in [6.07, 6.45) is 9.43. The second-order valence-corrected chi connectivity index (χ2v) is 8.53. The van der Waals surface area contributed by atoms with Crippen LogP contribution in [-0.4, -0.2) is 43.1 Å². The Labute approximate surface area is 218 Å². The quantitative estimate of drug-likeness (QED) is 0.0940. The Bertz CT molecular complexity index is 1060. The highest BCUT2D eigenvalue weighted by atomic mass is 16.5. The molecule has 0 heterocycles. The number of carbonyl (C=O) groups is 3. The van der Waals surface area contributed by atoms with Crippen LogP contribution in [0.25, 0.3) is 17.7 Å².